The van der Waals surface area contributed by atoms with E-state index in [1.807, 2.05) is 0 Å². The molecule has 5 nitrogen and oxygen atoms in total. The summed E-state index contributed by atoms with van der Waals surface area (Å²) in [5, 5.41) is 9.05. The molecule has 0 aromatic heterocycles. The minimum atomic E-state index is -2.41. The van der Waals surface area contributed by atoms with E-state index in [0.29, 0.717) is 24.4 Å². The summed E-state index contributed by atoms with van der Waals surface area (Å²) in [6, 6.07) is 44.7. The maximum Gasteiger partial charge on any atom is 0.261 e. The van der Waals surface area contributed by atoms with Gasteiger partial charge in [0.2, 0.25) is 5.91 Å². The number of amides is 1. The lowest BCUT2D eigenvalue weighted by molar-refractivity contribution is -0.133. The minimum Gasteiger partial charge on any atom is -0.407 e. The van der Waals surface area contributed by atoms with Gasteiger partial charge in [-0.05, 0) is 135 Å². The van der Waals surface area contributed by atoms with Crippen molar-refractivity contribution in [1.82, 2.24) is 10.2 Å². The summed E-state index contributed by atoms with van der Waals surface area (Å²) < 4.78 is 14.0. The number of rotatable bonds is 37. The largest absolute Gasteiger partial charge is 0.407 e. The lowest BCUT2D eigenvalue weighted by Crippen LogP contribution is -2.66. The van der Waals surface area contributed by atoms with Crippen LogP contribution < -0.4 is 26.1 Å². The molecule has 0 aliphatic rings. The SMILES string of the molecule is CC(C)NCCCC/C=C\CCCCCCO[Si](c1ccccc1)(c1ccccc1)C(C)(C)C.CCCCCCC(=O)N(CCCC/C=C\CCCCCCO[Si](c1ccccc1)(c1ccccc1)C(C)(C)C)C(C)C. The number of allylic oxidation sites excluding steroid dienone is 4. The molecule has 0 heterocycles. The predicted octanol–water partition coefficient (Wildman–Crippen LogP) is 16.7. The highest BCUT2D eigenvalue weighted by Gasteiger charge is 2.51. The minimum absolute atomic E-state index is 0.0390. The molecule has 0 spiro atoms. The van der Waals surface area contributed by atoms with E-state index in [0.717, 1.165) is 71.2 Å². The van der Waals surface area contributed by atoms with Gasteiger partial charge in [-0.3, -0.25) is 4.79 Å². The molecule has 0 atom stereocenters. The standard InChI is InChI=1S/C38H61NO2Si.C31H49NOSi/c1-7-8-9-24-31-37(40)39(34(2)3)32-25-16-14-12-10-11-13-15-17-26-33-41-42(38(4,5)6,35-27-20-18-21-28-35)36-29-22-19-23-30-36;1-28(2)32-26-20-12-10-8-6-7-9-11-13-21-27-33-34(31(3,4)5,29-22-16-14-17-23-29)30-24-18-15-19-25-30/h10,12,18-23,27-30,34H,7-9,11,13-17,24-26,31-33H2,1-6H3;6,8,14-19,22-25,28,32H,7,9-13,20-21,26-27H2,1-5H3/b12-10-;8-6-. The number of hydrogen-bond acceptors (Lipinski definition) is 4. The van der Waals surface area contributed by atoms with Gasteiger partial charge in [-0.15, -0.1) is 0 Å². The Hall–Kier alpha value is -3.86. The molecule has 0 aliphatic carbocycles. The van der Waals surface area contributed by atoms with Gasteiger partial charge in [0.15, 0.2) is 0 Å². The molecule has 76 heavy (non-hydrogen) atoms. The summed E-state index contributed by atoms with van der Waals surface area (Å²) in [5.74, 6) is 0.341. The molecule has 1 N–H and O–H groups in total. The lowest BCUT2D eigenvalue weighted by atomic mass is 10.1. The van der Waals surface area contributed by atoms with Crippen molar-refractivity contribution in [3.8, 4) is 0 Å². The van der Waals surface area contributed by atoms with Crippen molar-refractivity contribution in [3.63, 3.8) is 0 Å². The number of nitrogens with zero attached hydrogens (tertiary/aromatic N) is 1. The van der Waals surface area contributed by atoms with Crippen LogP contribution in [-0.2, 0) is 13.6 Å². The van der Waals surface area contributed by atoms with Crippen LogP contribution in [0.15, 0.2) is 146 Å². The zero-order valence-electron chi connectivity index (χ0n) is 50.4. The van der Waals surface area contributed by atoms with Crippen molar-refractivity contribution in [1.29, 1.82) is 0 Å². The van der Waals surface area contributed by atoms with E-state index < -0.39 is 16.6 Å². The smallest absolute Gasteiger partial charge is 0.261 e. The molecular weight excluding hydrogens is 961 g/mol. The first-order valence-electron chi connectivity index (χ1n) is 30.4. The van der Waals surface area contributed by atoms with Gasteiger partial charge < -0.3 is 19.1 Å². The number of benzene rings is 4. The van der Waals surface area contributed by atoms with Crippen LogP contribution in [0.2, 0.25) is 10.1 Å². The van der Waals surface area contributed by atoms with E-state index in [4.69, 9.17) is 8.85 Å². The van der Waals surface area contributed by atoms with Gasteiger partial charge in [0.05, 0.1) is 0 Å². The van der Waals surface area contributed by atoms with Crippen LogP contribution in [0, 0.1) is 0 Å². The third-order valence-electron chi connectivity index (χ3n) is 14.9. The quantitative estimate of drug-likeness (QED) is 0.0278. The van der Waals surface area contributed by atoms with E-state index in [2.05, 4.69) is 232 Å². The lowest BCUT2D eigenvalue weighted by Gasteiger charge is -2.43. The Bertz CT molecular complexity index is 2020. The van der Waals surface area contributed by atoms with Crippen LogP contribution in [0.5, 0.6) is 0 Å². The highest BCUT2D eigenvalue weighted by Crippen LogP contribution is 2.38. The summed E-state index contributed by atoms with van der Waals surface area (Å²) in [5.41, 5.74) is 0. The maximum absolute atomic E-state index is 12.6. The van der Waals surface area contributed by atoms with Gasteiger partial charge in [0, 0.05) is 38.3 Å². The highest BCUT2D eigenvalue weighted by atomic mass is 28.4. The summed E-state index contributed by atoms with van der Waals surface area (Å²) in [6.45, 7) is 28.7. The first-order valence-corrected chi connectivity index (χ1v) is 34.3. The molecule has 0 saturated heterocycles. The topological polar surface area (TPSA) is 50.8 Å². The van der Waals surface area contributed by atoms with Crippen molar-refractivity contribution in [2.75, 3.05) is 26.3 Å². The Morgan fingerprint density at radius 1 is 0.474 bits per heavy atom. The molecule has 4 aromatic carbocycles. The summed E-state index contributed by atoms with van der Waals surface area (Å²) in [6.07, 6.45) is 34.1. The van der Waals surface area contributed by atoms with Crippen molar-refractivity contribution in [2.24, 2.45) is 0 Å². The Labute approximate surface area is 469 Å². The zero-order chi connectivity index (χ0) is 55.4. The Morgan fingerprint density at radius 2 is 0.816 bits per heavy atom. The molecule has 7 heteroatoms. The average molecular weight is 1070 g/mol. The highest BCUT2D eigenvalue weighted by molar-refractivity contribution is 7.00. The van der Waals surface area contributed by atoms with Crippen molar-refractivity contribution in [2.45, 2.75) is 233 Å². The maximum atomic E-state index is 12.6. The van der Waals surface area contributed by atoms with Crippen LogP contribution in [0.3, 0.4) is 0 Å². The van der Waals surface area contributed by atoms with Gasteiger partial charge in [0.25, 0.3) is 16.6 Å². The molecule has 0 radical (unpaired) electrons. The van der Waals surface area contributed by atoms with Crippen molar-refractivity contribution >= 4 is 43.3 Å². The van der Waals surface area contributed by atoms with E-state index in [9.17, 15) is 4.79 Å². The predicted molar refractivity (Wildman–Crippen MR) is 338 cm³/mol. The van der Waals surface area contributed by atoms with E-state index in [1.54, 1.807) is 0 Å². The molecular formula is C69H110N2O3Si2. The molecule has 4 aromatic rings. The average Bonchev–Trinajstić information content (AvgIpc) is 3.40. The van der Waals surface area contributed by atoms with Gasteiger partial charge in [-0.1, -0.05) is 253 Å². The summed E-state index contributed by atoms with van der Waals surface area (Å²) in [4.78, 5) is 14.7. The molecule has 0 fully saturated rings. The van der Waals surface area contributed by atoms with Crippen molar-refractivity contribution < 1.29 is 13.6 Å². The number of nitrogens with one attached hydrogen (secondary N) is 1. The molecule has 1 amide bonds. The number of carbonyl (C=O) groups is 1. The van der Waals surface area contributed by atoms with Gasteiger partial charge in [-0.25, -0.2) is 0 Å². The first kappa shape index (κ1) is 66.4. The molecule has 4 rings (SSSR count). The third-order valence-corrected chi connectivity index (χ3v) is 25.0. The molecule has 0 unspecified atom stereocenters. The third kappa shape index (κ3) is 23.6. The monoisotopic (exact) mass is 1070 g/mol. The molecule has 0 bridgehead atoms. The van der Waals surface area contributed by atoms with E-state index in [-0.39, 0.29) is 10.1 Å². The fraction of sp³-hybridized carbons (Fsp3) is 0.580. The number of unbranched alkanes of at least 4 members (excludes halogenated alkanes) is 15. The van der Waals surface area contributed by atoms with Crippen LogP contribution in [0.25, 0.3) is 0 Å². The Balaban J connectivity index is 0.000000409. The second kappa shape index (κ2) is 37.9. The molecule has 0 aliphatic heterocycles. The second-order valence-electron chi connectivity index (χ2n) is 24.0. The van der Waals surface area contributed by atoms with Gasteiger partial charge in [0.1, 0.15) is 0 Å². The van der Waals surface area contributed by atoms with Gasteiger partial charge >= 0.3 is 0 Å². The first-order chi connectivity index (χ1) is 36.6. The Morgan fingerprint density at radius 3 is 1.16 bits per heavy atom. The number of hydrogen-bond donors (Lipinski definition) is 1. The van der Waals surface area contributed by atoms with E-state index in [1.165, 1.54) is 104 Å². The van der Waals surface area contributed by atoms with Crippen molar-refractivity contribution in [3.05, 3.63) is 146 Å². The fourth-order valence-electron chi connectivity index (χ4n) is 10.7. The summed E-state index contributed by atoms with van der Waals surface area (Å²) in [7, 11) is -4.78. The van der Waals surface area contributed by atoms with Crippen LogP contribution in [0.1, 0.15) is 211 Å². The van der Waals surface area contributed by atoms with E-state index >= 15 is 0 Å². The van der Waals surface area contributed by atoms with Crippen LogP contribution >= 0.6 is 0 Å². The van der Waals surface area contributed by atoms with Crippen LogP contribution in [0.4, 0.5) is 0 Å². The zero-order valence-corrected chi connectivity index (χ0v) is 52.4. The van der Waals surface area contributed by atoms with Crippen LogP contribution in [-0.4, -0.2) is 65.8 Å². The number of carbonyl (C=O) groups excluding carboxylic acids is 1. The Kier molecular flexibility index (Phi) is 33.1. The summed E-state index contributed by atoms with van der Waals surface area (Å²) >= 11 is 0. The molecule has 0 saturated carbocycles. The fourth-order valence-corrected chi connectivity index (χ4v) is 19.9. The van der Waals surface area contributed by atoms with Gasteiger partial charge in [-0.2, -0.15) is 0 Å². The molecule has 422 valence electrons. The second-order valence-corrected chi connectivity index (χ2v) is 32.6. The normalized spacial score (nSPS) is 12.5.